The average Bonchev–Trinajstić information content (AvgIpc) is 1.84. The van der Waals surface area contributed by atoms with Crippen LogP contribution in [0.25, 0.3) is 0 Å². The first kappa shape index (κ1) is 8.62. The van der Waals surface area contributed by atoms with Crippen LogP contribution in [0.15, 0.2) is 16.6 Å². The number of aromatic hydroxyl groups is 1. The maximum absolute atomic E-state index is 9.06. The van der Waals surface area contributed by atoms with Crippen LogP contribution < -0.4 is 0 Å². The van der Waals surface area contributed by atoms with Gasteiger partial charge < -0.3 is 5.11 Å². The Bertz CT molecular complexity index is 214. The van der Waals surface area contributed by atoms with E-state index >= 15 is 0 Å². The average molecular weight is 333 g/mol. The molecule has 0 fully saturated rings. The zero-order valence-corrected chi connectivity index (χ0v) is 9.24. The van der Waals surface area contributed by atoms with E-state index in [1.807, 2.05) is 0 Å². The summed E-state index contributed by atoms with van der Waals surface area (Å²) in [5, 5.41) is 9.44. The molecule has 0 aromatic heterocycles. The normalized spacial score (nSPS) is 9.90. The molecule has 0 atom stereocenters. The van der Waals surface area contributed by atoms with Gasteiger partial charge >= 0.3 is 0 Å². The molecule has 1 N–H and O–H groups in total. The van der Waals surface area contributed by atoms with E-state index < -0.39 is 0 Å². The van der Waals surface area contributed by atoms with Crippen molar-refractivity contribution in [3.63, 3.8) is 0 Å². The molecule has 0 amide bonds. The maximum Gasteiger partial charge on any atom is 0.135 e. The van der Waals surface area contributed by atoms with Gasteiger partial charge in [0.15, 0.2) is 0 Å². The molecule has 0 bridgehead atoms. The van der Waals surface area contributed by atoms with E-state index in [0.717, 1.165) is 8.04 Å². The molecule has 0 aliphatic heterocycles. The Balaban J connectivity index is 3.28. The topological polar surface area (TPSA) is 20.2 Å². The number of benzene rings is 1. The van der Waals surface area contributed by atoms with Crippen LogP contribution >= 0.6 is 50.1 Å². The number of hydrogen-bond acceptors (Lipinski definition) is 1. The quantitative estimate of drug-likeness (QED) is 0.570. The molecular weight excluding hydrogens is 330 g/mol. The Hall–Kier alpha value is 0.520. The highest BCUT2D eigenvalue weighted by molar-refractivity contribution is 14.1. The molecule has 1 rings (SSSR count). The summed E-state index contributed by atoms with van der Waals surface area (Å²) in [6.07, 6.45) is 0. The molecule has 1 nitrogen and oxygen atoms in total. The molecule has 0 radical (unpaired) electrons. The molecule has 54 valence electrons. The van der Waals surface area contributed by atoms with Gasteiger partial charge in [-0.15, -0.1) is 0 Å². The zero-order chi connectivity index (χ0) is 7.72. The Morgan fingerprint density at radius 2 is 2.10 bits per heavy atom. The van der Waals surface area contributed by atoms with Crippen LogP contribution in [0.5, 0.6) is 5.75 Å². The third-order valence-electron chi connectivity index (χ3n) is 0.990. The fraction of sp³-hybridized carbons (Fsp3) is 0. The lowest BCUT2D eigenvalue weighted by Crippen LogP contribution is -1.74. The summed E-state index contributed by atoms with van der Waals surface area (Å²) in [6, 6.07) is 3.27. The predicted molar refractivity (Wildman–Crippen MR) is 53.5 cm³/mol. The molecule has 0 saturated carbocycles. The molecule has 0 heterocycles. The minimum atomic E-state index is 0.106. The Morgan fingerprint density at radius 1 is 1.50 bits per heavy atom. The standard InChI is InChI=1S/C6H3BrClIO/c7-3-1-6(10)4(8)2-5(3)9/h1-2,10H. The fourth-order valence-electron chi connectivity index (χ4n) is 0.512. The Kier molecular flexibility index (Phi) is 2.82. The van der Waals surface area contributed by atoms with Crippen LogP contribution in [-0.4, -0.2) is 5.11 Å². The second-order valence-electron chi connectivity index (χ2n) is 1.72. The van der Waals surface area contributed by atoms with Crippen molar-refractivity contribution >= 4 is 50.1 Å². The largest absolute Gasteiger partial charge is 0.506 e. The number of halogens is 3. The molecule has 0 saturated heterocycles. The van der Waals surface area contributed by atoms with E-state index in [9.17, 15) is 0 Å². The zero-order valence-electron chi connectivity index (χ0n) is 4.74. The summed E-state index contributed by atoms with van der Waals surface area (Å²) in [4.78, 5) is 0. The molecule has 1 aromatic rings. The van der Waals surface area contributed by atoms with Gasteiger partial charge in [0.2, 0.25) is 0 Å². The SMILES string of the molecule is Oc1cc(Br)c(I)cc1Cl. The van der Waals surface area contributed by atoms with Gasteiger partial charge in [-0.2, -0.15) is 0 Å². The minimum absolute atomic E-state index is 0.106. The first-order valence-electron chi connectivity index (χ1n) is 2.45. The van der Waals surface area contributed by atoms with Gasteiger partial charge in [0, 0.05) is 8.04 Å². The van der Waals surface area contributed by atoms with Gasteiger partial charge in [-0.05, 0) is 50.7 Å². The van der Waals surface area contributed by atoms with E-state index in [0.29, 0.717) is 5.02 Å². The molecule has 0 spiro atoms. The van der Waals surface area contributed by atoms with Crippen LogP contribution in [0.3, 0.4) is 0 Å². The summed E-state index contributed by atoms with van der Waals surface area (Å²) < 4.78 is 1.84. The van der Waals surface area contributed by atoms with E-state index in [1.165, 1.54) is 0 Å². The highest BCUT2D eigenvalue weighted by Crippen LogP contribution is 2.30. The van der Waals surface area contributed by atoms with E-state index in [1.54, 1.807) is 12.1 Å². The van der Waals surface area contributed by atoms with Crippen molar-refractivity contribution in [2.24, 2.45) is 0 Å². The van der Waals surface area contributed by atoms with Crippen LogP contribution in [-0.2, 0) is 0 Å². The predicted octanol–water partition coefficient (Wildman–Crippen LogP) is 3.41. The van der Waals surface area contributed by atoms with Gasteiger partial charge in [0.25, 0.3) is 0 Å². The summed E-state index contributed by atoms with van der Waals surface area (Å²) in [6.45, 7) is 0. The van der Waals surface area contributed by atoms with Crippen molar-refractivity contribution in [2.45, 2.75) is 0 Å². The van der Waals surface area contributed by atoms with Crippen LogP contribution in [0.2, 0.25) is 5.02 Å². The van der Waals surface area contributed by atoms with Crippen LogP contribution in [0.4, 0.5) is 0 Å². The third-order valence-corrected chi connectivity index (χ3v) is 3.58. The lowest BCUT2D eigenvalue weighted by molar-refractivity contribution is 0.475. The number of rotatable bonds is 0. The van der Waals surface area contributed by atoms with Gasteiger partial charge in [-0.25, -0.2) is 0 Å². The van der Waals surface area contributed by atoms with Crippen molar-refractivity contribution in [1.29, 1.82) is 0 Å². The number of hydrogen-bond donors (Lipinski definition) is 1. The van der Waals surface area contributed by atoms with Crippen molar-refractivity contribution in [1.82, 2.24) is 0 Å². The second-order valence-corrected chi connectivity index (χ2v) is 4.14. The van der Waals surface area contributed by atoms with Crippen molar-refractivity contribution < 1.29 is 5.11 Å². The van der Waals surface area contributed by atoms with Crippen molar-refractivity contribution in [3.05, 3.63) is 25.2 Å². The smallest absolute Gasteiger partial charge is 0.135 e. The molecule has 0 aliphatic carbocycles. The summed E-state index contributed by atoms with van der Waals surface area (Å²) >= 11 is 11.0. The van der Waals surface area contributed by atoms with Crippen LogP contribution in [0.1, 0.15) is 0 Å². The second kappa shape index (κ2) is 3.28. The van der Waals surface area contributed by atoms with Gasteiger partial charge in [-0.3, -0.25) is 0 Å². The molecular formula is C6H3BrClIO. The Morgan fingerprint density at radius 3 is 2.60 bits per heavy atom. The molecule has 1 aromatic carbocycles. The highest BCUT2D eigenvalue weighted by Gasteiger charge is 2.01. The maximum atomic E-state index is 9.06. The first-order valence-corrected chi connectivity index (χ1v) is 4.69. The van der Waals surface area contributed by atoms with E-state index in [4.69, 9.17) is 16.7 Å². The first-order chi connectivity index (χ1) is 4.61. The fourth-order valence-corrected chi connectivity index (χ4v) is 1.66. The van der Waals surface area contributed by atoms with E-state index in [-0.39, 0.29) is 5.75 Å². The highest BCUT2D eigenvalue weighted by atomic mass is 127. The van der Waals surface area contributed by atoms with E-state index in [2.05, 4.69) is 38.5 Å². The lowest BCUT2D eigenvalue weighted by atomic mass is 10.3. The van der Waals surface area contributed by atoms with Crippen LogP contribution in [0, 0.1) is 3.57 Å². The van der Waals surface area contributed by atoms with Crippen molar-refractivity contribution in [2.75, 3.05) is 0 Å². The lowest BCUT2D eigenvalue weighted by Gasteiger charge is -1.98. The monoisotopic (exact) mass is 332 g/mol. The molecule has 4 heteroatoms. The minimum Gasteiger partial charge on any atom is -0.506 e. The van der Waals surface area contributed by atoms with Gasteiger partial charge in [0.05, 0.1) is 5.02 Å². The summed E-state index contributed by atoms with van der Waals surface area (Å²) in [7, 11) is 0. The van der Waals surface area contributed by atoms with Crippen molar-refractivity contribution in [3.8, 4) is 5.75 Å². The summed E-state index contributed by atoms with van der Waals surface area (Å²) in [5.74, 6) is 0.106. The number of phenols is 1. The number of phenolic OH excluding ortho intramolecular Hbond substituents is 1. The van der Waals surface area contributed by atoms with Gasteiger partial charge in [0.1, 0.15) is 5.75 Å². The Labute approximate surface area is 85.7 Å². The summed E-state index contributed by atoms with van der Waals surface area (Å²) in [5.41, 5.74) is 0. The third kappa shape index (κ3) is 1.77. The molecule has 0 unspecified atom stereocenters. The van der Waals surface area contributed by atoms with Gasteiger partial charge in [-0.1, -0.05) is 11.6 Å². The molecule has 10 heavy (non-hydrogen) atoms. The molecule has 0 aliphatic rings.